The fraction of sp³-hybridized carbons (Fsp3) is 0.320. The van der Waals surface area contributed by atoms with E-state index < -0.39 is 11.9 Å². The molecule has 0 spiro atoms. The molecule has 34 heavy (non-hydrogen) atoms. The normalized spacial score (nSPS) is 19.9. The summed E-state index contributed by atoms with van der Waals surface area (Å²) in [6.07, 6.45) is 0.513. The van der Waals surface area contributed by atoms with Crippen molar-refractivity contribution in [1.29, 1.82) is 0 Å². The van der Waals surface area contributed by atoms with Crippen LogP contribution < -0.4 is 10.9 Å². The topological polar surface area (TPSA) is 64.7 Å². The van der Waals surface area contributed by atoms with E-state index in [0.717, 1.165) is 36.7 Å². The lowest BCUT2D eigenvalue weighted by Crippen LogP contribution is -2.30. The summed E-state index contributed by atoms with van der Waals surface area (Å²) < 4.78 is 42.0. The van der Waals surface area contributed by atoms with Crippen molar-refractivity contribution >= 4 is 10.9 Å². The molecule has 1 saturated heterocycles. The van der Waals surface area contributed by atoms with E-state index in [2.05, 4.69) is 33.2 Å². The van der Waals surface area contributed by atoms with E-state index in [1.807, 2.05) is 12.1 Å². The van der Waals surface area contributed by atoms with E-state index in [1.54, 1.807) is 12.3 Å². The highest BCUT2D eigenvalue weighted by atomic mass is 19.4. The lowest BCUT2D eigenvalue weighted by molar-refractivity contribution is -0.141. The van der Waals surface area contributed by atoms with Crippen molar-refractivity contribution in [1.82, 2.24) is 24.6 Å². The Morgan fingerprint density at radius 1 is 1.06 bits per heavy atom. The summed E-state index contributed by atoms with van der Waals surface area (Å²) in [5.41, 5.74) is 3.83. The molecule has 0 saturated carbocycles. The minimum atomic E-state index is -4.56. The number of aryl methyl sites for hydroxylation is 1. The van der Waals surface area contributed by atoms with E-state index in [-0.39, 0.29) is 11.3 Å². The number of nitrogens with one attached hydrogen (secondary N) is 1. The first kappa shape index (κ1) is 21.1. The highest BCUT2D eigenvalue weighted by molar-refractivity contribution is 5.88. The predicted octanol–water partition coefficient (Wildman–Crippen LogP) is 4.40. The van der Waals surface area contributed by atoms with Crippen LogP contribution in [0.15, 0.2) is 53.5 Å². The van der Waals surface area contributed by atoms with Gasteiger partial charge in [0.1, 0.15) is 0 Å². The molecule has 7 rings (SSSR count). The number of pyridine rings is 1. The number of halogens is 3. The van der Waals surface area contributed by atoms with Crippen LogP contribution in [0, 0.1) is 5.92 Å². The molecule has 6 nitrogen and oxygen atoms in total. The van der Waals surface area contributed by atoms with Gasteiger partial charge in [-0.05, 0) is 67.6 Å². The van der Waals surface area contributed by atoms with Gasteiger partial charge in [0.15, 0.2) is 5.69 Å². The number of nitrogens with zero attached hydrogens (tertiary/aromatic N) is 4. The van der Waals surface area contributed by atoms with Gasteiger partial charge in [0, 0.05) is 42.0 Å². The number of benzene rings is 1. The molecule has 9 heteroatoms. The van der Waals surface area contributed by atoms with Crippen molar-refractivity contribution in [2.24, 2.45) is 13.0 Å². The highest BCUT2D eigenvalue weighted by Crippen LogP contribution is 2.41. The Morgan fingerprint density at radius 2 is 1.91 bits per heavy atom. The van der Waals surface area contributed by atoms with Crippen LogP contribution in [0.4, 0.5) is 13.2 Å². The van der Waals surface area contributed by atoms with E-state index in [4.69, 9.17) is 0 Å². The molecule has 3 aromatic heterocycles. The first-order chi connectivity index (χ1) is 16.3. The van der Waals surface area contributed by atoms with Gasteiger partial charge in [0.2, 0.25) is 0 Å². The van der Waals surface area contributed by atoms with Gasteiger partial charge in [0.05, 0.1) is 16.9 Å². The highest BCUT2D eigenvalue weighted by Gasteiger charge is 2.34. The molecule has 2 aliphatic heterocycles. The maximum absolute atomic E-state index is 12.9. The molecule has 1 aliphatic carbocycles. The summed E-state index contributed by atoms with van der Waals surface area (Å²) in [5.74, 6) is 0.656. The molecule has 0 amide bonds. The van der Waals surface area contributed by atoms with Crippen LogP contribution in [-0.4, -0.2) is 25.9 Å². The van der Waals surface area contributed by atoms with E-state index in [1.165, 1.54) is 39.8 Å². The standard InChI is InChI=1S/C25H22F3N5O/c1-32-20-12-16(3-4-17(20)24-19-5-2-14(13-29-19)10-21(24)32)33-9-8-15(11-23(33)34)18-6-7-22(31-30-18)25(26,27)28/h3-4,6-9,11-12,14,19,29H,2,5,10,13H2,1H3. The Morgan fingerprint density at radius 3 is 2.59 bits per heavy atom. The Balaban J connectivity index is 1.38. The zero-order valence-electron chi connectivity index (χ0n) is 18.4. The molecule has 174 valence electrons. The quantitative estimate of drug-likeness (QED) is 0.477. The van der Waals surface area contributed by atoms with Crippen molar-refractivity contribution in [3.05, 3.63) is 76.0 Å². The van der Waals surface area contributed by atoms with Gasteiger partial charge in [-0.25, -0.2) is 0 Å². The van der Waals surface area contributed by atoms with Gasteiger partial charge in [-0.15, -0.1) is 10.2 Å². The van der Waals surface area contributed by atoms with Crippen molar-refractivity contribution in [3.8, 4) is 16.9 Å². The van der Waals surface area contributed by atoms with Gasteiger partial charge in [-0.1, -0.05) is 6.07 Å². The summed E-state index contributed by atoms with van der Waals surface area (Å²) >= 11 is 0. The van der Waals surface area contributed by atoms with Gasteiger partial charge in [-0.3, -0.25) is 9.36 Å². The summed E-state index contributed by atoms with van der Waals surface area (Å²) in [5, 5.41) is 11.8. The molecule has 2 bridgehead atoms. The van der Waals surface area contributed by atoms with Crippen LogP contribution in [0.25, 0.3) is 27.8 Å². The van der Waals surface area contributed by atoms with Gasteiger partial charge in [-0.2, -0.15) is 13.2 Å². The molecule has 1 N–H and O–H groups in total. The number of hydrogen-bond acceptors (Lipinski definition) is 4. The third-order valence-corrected chi connectivity index (χ3v) is 7.14. The molecular weight excluding hydrogens is 443 g/mol. The van der Waals surface area contributed by atoms with Crippen LogP contribution in [0.2, 0.25) is 0 Å². The fourth-order valence-corrected chi connectivity index (χ4v) is 5.39. The predicted molar refractivity (Wildman–Crippen MR) is 122 cm³/mol. The minimum Gasteiger partial charge on any atom is -0.347 e. The summed E-state index contributed by atoms with van der Waals surface area (Å²) in [6.45, 7) is 1.06. The fourth-order valence-electron chi connectivity index (χ4n) is 5.39. The molecule has 1 aromatic carbocycles. The first-order valence-corrected chi connectivity index (χ1v) is 11.3. The van der Waals surface area contributed by atoms with Crippen LogP contribution in [0.3, 0.4) is 0 Å². The lowest BCUT2D eigenvalue weighted by atomic mass is 9.94. The van der Waals surface area contributed by atoms with Crippen molar-refractivity contribution in [2.75, 3.05) is 6.54 Å². The SMILES string of the molecule is Cn1c2c(c3ccc(-n4ccc(-c5ccc(C(F)(F)F)nn5)cc4=O)cc31)C1CCC(CN1)C2. The maximum atomic E-state index is 12.9. The summed E-state index contributed by atoms with van der Waals surface area (Å²) in [6, 6.07) is 11.5. The third-order valence-electron chi connectivity index (χ3n) is 7.14. The number of aromatic nitrogens is 4. The lowest BCUT2D eigenvalue weighted by Gasteiger charge is -2.25. The number of piperidine rings is 1. The molecule has 1 fully saturated rings. The Kier molecular flexibility index (Phi) is 4.67. The summed E-state index contributed by atoms with van der Waals surface area (Å²) in [7, 11) is 2.09. The summed E-state index contributed by atoms with van der Waals surface area (Å²) in [4.78, 5) is 12.9. The molecule has 4 aromatic rings. The monoisotopic (exact) mass is 465 g/mol. The molecule has 0 radical (unpaired) electrons. The van der Waals surface area contributed by atoms with E-state index in [0.29, 0.717) is 17.5 Å². The first-order valence-electron chi connectivity index (χ1n) is 11.3. The van der Waals surface area contributed by atoms with E-state index in [9.17, 15) is 18.0 Å². The zero-order valence-corrected chi connectivity index (χ0v) is 18.4. The third kappa shape index (κ3) is 3.34. The van der Waals surface area contributed by atoms with Gasteiger partial charge >= 0.3 is 6.18 Å². The smallest absolute Gasteiger partial charge is 0.347 e. The van der Waals surface area contributed by atoms with Crippen molar-refractivity contribution in [3.63, 3.8) is 0 Å². The maximum Gasteiger partial charge on any atom is 0.435 e. The zero-order chi connectivity index (χ0) is 23.6. The Hall–Kier alpha value is -3.46. The van der Waals surface area contributed by atoms with Crippen molar-refractivity contribution in [2.45, 2.75) is 31.5 Å². The van der Waals surface area contributed by atoms with Crippen LogP contribution >= 0.6 is 0 Å². The molecule has 3 aliphatic rings. The molecule has 2 atom stereocenters. The minimum absolute atomic E-state index is 0.210. The molecule has 2 unspecified atom stereocenters. The largest absolute Gasteiger partial charge is 0.435 e. The average molecular weight is 465 g/mol. The van der Waals surface area contributed by atoms with Crippen LogP contribution in [-0.2, 0) is 19.6 Å². The second-order valence-electron chi connectivity index (χ2n) is 9.15. The molecular formula is C25H22F3N5O. The number of alkyl halides is 3. The second kappa shape index (κ2) is 7.53. The second-order valence-corrected chi connectivity index (χ2v) is 9.15. The van der Waals surface area contributed by atoms with Gasteiger partial charge in [0.25, 0.3) is 5.56 Å². The number of rotatable bonds is 2. The van der Waals surface area contributed by atoms with E-state index >= 15 is 0 Å². The van der Waals surface area contributed by atoms with Crippen molar-refractivity contribution < 1.29 is 13.2 Å². The van der Waals surface area contributed by atoms with Crippen LogP contribution in [0.1, 0.15) is 35.8 Å². The molecule has 5 heterocycles. The Bertz CT molecular complexity index is 1460. The number of hydrogen-bond donors (Lipinski definition) is 1. The number of fused-ring (bicyclic) bond motifs is 3. The van der Waals surface area contributed by atoms with Gasteiger partial charge < -0.3 is 9.88 Å². The average Bonchev–Trinajstić information content (AvgIpc) is 2.97. The van der Waals surface area contributed by atoms with Crippen LogP contribution in [0.5, 0.6) is 0 Å². The Labute approximate surface area is 193 Å².